The molecular formula is C15H23F2NS. The quantitative estimate of drug-likeness (QED) is 0.753. The lowest BCUT2D eigenvalue weighted by molar-refractivity contribution is 0.501. The van der Waals surface area contributed by atoms with Gasteiger partial charge in [0.1, 0.15) is 0 Å². The maximum Gasteiger partial charge on any atom is 0.159 e. The highest BCUT2D eigenvalue weighted by Crippen LogP contribution is 2.24. The van der Waals surface area contributed by atoms with E-state index >= 15 is 0 Å². The molecule has 1 N–H and O–H groups in total. The summed E-state index contributed by atoms with van der Waals surface area (Å²) in [5, 5.41) is 3.98. The fraction of sp³-hybridized carbons (Fsp3) is 0.600. The van der Waals surface area contributed by atoms with Gasteiger partial charge in [-0.1, -0.05) is 26.8 Å². The summed E-state index contributed by atoms with van der Waals surface area (Å²) in [6, 6.07) is 4.26. The van der Waals surface area contributed by atoms with E-state index in [4.69, 9.17) is 0 Å². The highest BCUT2D eigenvalue weighted by atomic mass is 32.2. The Balaban J connectivity index is 2.73. The zero-order valence-corrected chi connectivity index (χ0v) is 12.7. The summed E-state index contributed by atoms with van der Waals surface area (Å²) in [6.45, 7) is 7.32. The number of hydrogen-bond acceptors (Lipinski definition) is 2. The van der Waals surface area contributed by atoms with Crippen molar-refractivity contribution in [2.24, 2.45) is 0 Å². The summed E-state index contributed by atoms with van der Waals surface area (Å²) in [5.74, 6) is -0.679. The van der Waals surface area contributed by atoms with Crippen LogP contribution in [-0.2, 0) is 0 Å². The number of nitrogens with one attached hydrogen (secondary N) is 1. The Morgan fingerprint density at radius 1 is 1.21 bits per heavy atom. The molecule has 2 atom stereocenters. The third-order valence-electron chi connectivity index (χ3n) is 3.11. The van der Waals surface area contributed by atoms with E-state index in [1.165, 1.54) is 12.1 Å². The minimum Gasteiger partial charge on any atom is -0.309 e. The predicted molar refractivity (Wildman–Crippen MR) is 79.6 cm³/mol. The molecular weight excluding hydrogens is 264 g/mol. The van der Waals surface area contributed by atoms with Gasteiger partial charge in [-0.3, -0.25) is 0 Å². The van der Waals surface area contributed by atoms with E-state index in [-0.39, 0.29) is 6.04 Å². The first-order valence-electron chi connectivity index (χ1n) is 6.88. The summed E-state index contributed by atoms with van der Waals surface area (Å²) < 4.78 is 26.3. The van der Waals surface area contributed by atoms with Gasteiger partial charge in [0, 0.05) is 17.0 Å². The second kappa shape index (κ2) is 8.54. The van der Waals surface area contributed by atoms with Crippen molar-refractivity contribution < 1.29 is 8.78 Å². The monoisotopic (exact) mass is 287 g/mol. The normalized spacial score (nSPS) is 14.4. The van der Waals surface area contributed by atoms with Crippen LogP contribution < -0.4 is 5.32 Å². The molecule has 0 aliphatic rings. The fourth-order valence-electron chi connectivity index (χ4n) is 1.70. The molecule has 1 aromatic carbocycles. The van der Waals surface area contributed by atoms with Crippen LogP contribution in [0.2, 0.25) is 0 Å². The third kappa shape index (κ3) is 5.49. The molecule has 0 aromatic heterocycles. The standard InChI is InChI=1S/C15H23F2NS/c1-4-8-18-15(10-19-11(3)5-2)12-6-7-13(16)14(17)9-12/h6-7,9,11,15,18H,4-5,8,10H2,1-3H3. The number of rotatable bonds is 8. The van der Waals surface area contributed by atoms with E-state index in [0.29, 0.717) is 5.25 Å². The van der Waals surface area contributed by atoms with Gasteiger partial charge in [0.15, 0.2) is 11.6 Å². The first kappa shape index (κ1) is 16.4. The lowest BCUT2D eigenvalue weighted by atomic mass is 10.1. The summed E-state index contributed by atoms with van der Waals surface area (Å²) in [7, 11) is 0. The average Bonchev–Trinajstić information content (AvgIpc) is 2.42. The molecule has 108 valence electrons. The van der Waals surface area contributed by atoms with Crippen molar-refractivity contribution in [2.75, 3.05) is 12.3 Å². The van der Waals surface area contributed by atoms with Crippen LogP contribution in [0.15, 0.2) is 18.2 Å². The van der Waals surface area contributed by atoms with Gasteiger partial charge in [-0.15, -0.1) is 0 Å². The van der Waals surface area contributed by atoms with Gasteiger partial charge in [-0.05, 0) is 37.1 Å². The average molecular weight is 287 g/mol. The fourth-order valence-corrected chi connectivity index (χ4v) is 2.77. The van der Waals surface area contributed by atoms with Crippen LogP contribution in [0.1, 0.15) is 45.2 Å². The van der Waals surface area contributed by atoms with Gasteiger partial charge in [0.2, 0.25) is 0 Å². The van der Waals surface area contributed by atoms with E-state index in [1.54, 1.807) is 6.07 Å². The molecule has 19 heavy (non-hydrogen) atoms. The summed E-state index contributed by atoms with van der Waals surface area (Å²) >= 11 is 1.86. The molecule has 0 radical (unpaired) electrons. The Hall–Kier alpha value is -0.610. The minimum absolute atomic E-state index is 0.0778. The van der Waals surface area contributed by atoms with E-state index < -0.39 is 11.6 Å². The molecule has 0 fully saturated rings. The molecule has 0 aliphatic carbocycles. The smallest absolute Gasteiger partial charge is 0.159 e. The molecule has 0 spiro atoms. The van der Waals surface area contributed by atoms with E-state index in [0.717, 1.165) is 30.7 Å². The van der Waals surface area contributed by atoms with Crippen molar-refractivity contribution in [3.05, 3.63) is 35.4 Å². The second-order valence-corrected chi connectivity index (χ2v) is 6.20. The minimum atomic E-state index is -0.785. The molecule has 0 bridgehead atoms. The molecule has 1 rings (SSSR count). The Morgan fingerprint density at radius 2 is 1.95 bits per heavy atom. The molecule has 1 aromatic rings. The topological polar surface area (TPSA) is 12.0 Å². The Morgan fingerprint density at radius 3 is 2.53 bits per heavy atom. The summed E-state index contributed by atoms with van der Waals surface area (Å²) in [4.78, 5) is 0. The number of thioether (sulfide) groups is 1. The second-order valence-electron chi connectivity index (χ2n) is 4.73. The third-order valence-corrected chi connectivity index (χ3v) is 4.54. The van der Waals surface area contributed by atoms with Gasteiger partial charge < -0.3 is 5.32 Å². The molecule has 1 nitrogen and oxygen atoms in total. The summed E-state index contributed by atoms with van der Waals surface area (Å²) in [5.41, 5.74) is 0.822. The van der Waals surface area contributed by atoms with Crippen LogP contribution in [0, 0.1) is 11.6 Å². The van der Waals surface area contributed by atoms with Crippen LogP contribution in [0.3, 0.4) is 0 Å². The van der Waals surface area contributed by atoms with Crippen LogP contribution in [0.5, 0.6) is 0 Å². The first-order chi connectivity index (χ1) is 9.08. The Kier molecular flexibility index (Phi) is 7.39. The number of hydrogen-bond donors (Lipinski definition) is 1. The van der Waals surface area contributed by atoms with Crippen molar-refractivity contribution in [3.63, 3.8) is 0 Å². The van der Waals surface area contributed by atoms with Crippen molar-refractivity contribution >= 4 is 11.8 Å². The molecule has 0 heterocycles. The Bertz CT molecular complexity index is 384. The highest BCUT2D eigenvalue weighted by Gasteiger charge is 2.14. The van der Waals surface area contributed by atoms with Gasteiger partial charge >= 0.3 is 0 Å². The number of halogens is 2. The molecule has 0 aliphatic heterocycles. The van der Waals surface area contributed by atoms with Crippen LogP contribution in [0.25, 0.3) is 0 Å². The molecule has 0 saturated heterocycles. The van der Waals surface area contributed by atoms with E-state index in [9.17, 15) is 8.78 Å². The van der Waals surface area contributed by atoms with Gasteiger partial charge in [-0.25, -0.2) is 8.78 Å². The van der Waals surface area contributed by atoms with Crippen molar-refractivity contribution in [2.45, 2.75) is 44.9 Å². The van der Waals surface area contributed by atoms with E-state index in [1.807, 2.05) is 11.8 Å². The van der Waals surface area contributed by atoms with Crippen molar-refractivity contribution in [3.8, 4) is 0 Å². The van der Waals surface area contributed by atoms with E-state index in [2.05, 4.69) is 26.1 Å². The maximum atomic E-state index is 13.3. The Labute approximate surface area is 119 Å². The van der Waals surface area contributed by atoms with Crippen LogP contribution in [-0.4, -0.2) is 17.5 Å². The van der Waals surface area contributed by atoms with Crippen molar-refractivity contribution in [1.29, 1.82) is 0 Å². The molecule has 0 amide bonds. The SMILES string of the molecule is CCCNC(CSC(C)CC)c1ccc(F)c(F)c1. The summed E-state index contributed by atoms with van der Waals surface area (Å²) in [6.07, 6.45) is 2.14. The molecule has 0 saturated carbocycles. The zero-order chi connectivity index (χ0) is 14.3. The van der Waals surface area contributed by atoms with Crippen LogP contribution in [0.4, 0.5) is 8.78 Å². The predicted octanol–water partition coefficient (Wildman–Crippen LogP) is 4.54. The van der Waals surface area contributed by atoms with Gasteiger partial charge in [-0.2, -0.15) is 11.8 Å². The largest absolute Gasteiger partial charge is 0.309 e. The van der Waals surface area contributed by atoms with Crippen LogP contribution >= 0.6 is 11.8 Å². The van der Waals surface area contributed by atoms with Gasteiger partial charge in [0.25, 0.3) is 0 Å². The zero-order valence-electron chi connectivity index (χ0n) is 11.9. The lowest BCUT2D eigenvalue weighted by Gasteiger charge is -2.20. The first-order valence-corrected chi connectivity index (χ1v) is 7.93. The number of benzene rings is 1. The maximum absolute atomic E-state index is 13.3. The molecule has 4 heteroatoms. The van der Waals surface area contributed by atoms with Gasteiger partial charge in [0.05, 0.1) is 0 Å². The van der Waals surface area contributed by atoms with Crippen molar-refractivity contribution in [1.82, 2.24) is 5.32 Å². The highest BCUT2D eigenvalue weighted by molar-refractivity contribution is 7.99. The molecule has 2 unspecified atom stereocenters. The lowest BCUT2D eigenvalue weighted by Crippen LogP contribution is -2.25.